The van der Waals surface area contributed by atoms with Crippen LogP contribution in [-0.4, -0.2) is 139 Å². The molecule has 6 amide bonds. The van der Waals surface area contributed by atoms with E-state index in [1.165, 1.54) is 30.3 Å². The van der Waals surface area contributed by atoms with Crippen LogP contribution in [0.3, 0.4) is 0 Å². The van der Waals surface area contributed by atoms with Gasteiger partial charge in [-0.2, -0.15) is 18.2 Å². The first-order valence-corrected chi connectivity index (χ1v) is 23.2. The summed E-state index contributed by atoms with van der Waals surface area (Å²) in [6, 6.07) is 19.1. The minimum atomic E-state index is -4.80. The number of thiazole rings is 1. The number of amides is 6. The highest BCUT2D eigenvalue weighted by molar-refractivity contribution is 7.10. The summed E-state index contributed by atoms with van der Waals surface area (Å²) in [4.78, 5) is 87.8. The van der Waals surface area contributed by atoms with Gasteiger partial charge < -0.3 is 39.0 Å². The van der Waals surface area contributed by atoms with Gasteiger partial charge in [0.15, 0.2) is 6.61 Å². The van der Waals surface area contributed by atoms with E-state index >= 15 is 0 Å². The summed E-state index contributed by atoms with van der Waals surface area (Å²) < 4.78 is 66.0. The van der Waals surface area contributed by atoms with Crippen LogP contribution in [0, 0.1) is 0 Å². The standard InChI is InChI=1S/C47H47F3N8O11S/c48-47(49,50)44-55-39(56-69-44)30-8-4-9-31(24-30)40(61)51-27-46(45-53-33(26-70-45)29-6-2-1-3-7-29)14-16-57(17-15-46)18-19-65-20-21-66-22-23-67-28-52-37(60)25-68-35-11-5-10-32-38(35)43(64)58(42(32)63)34-12-13-36(59)54-41(34)62/h1-11,24,26,34H,12-23,25,27-28H2,(H,51,61)(H,52,60)(H,54,59,62). The van der Waals surface area contributed by atoms with Crippen LogP contribution in [0.15, 0.2) is 82.7 Å². The molecule has 8 rings (SSSR count). The Morgan fingerprint density at radius 1 is 0.857 bits per heavy atom. The van der Waals surface area contributed by atoms with E-state index in [0.717, 1.165) is 21.2 Å². The van der Waals surface area contributed by atoms with Gasteiger partial charge in [0.25, 0.3) is 23.6 Å². The number of likely N-dealkylation sites (tertiary alicyclic amines) is 1. The number of halogens is 3. The molecule has 70 heavy (non-hydrogen) atoms. The molecule has 3 aromatic carbocycles. The first-order chi connectivity index (χ1) is 33.8. The predicted molar refractivity (Wildman–Crippen MR) is 241 cm³/mol. The fourth-order valence-corrected chi connectivity index (χ4v) is 9.26. The van der Waals surface area contributed by atoms with Crippen LogP contribution in [0.25, 0.3) is 22.6 Å². The average Bonchev–Trinajstić information content (AvgIpc) is 4.13. The molecule has 0 aliphatic carbocycles. The lowest BCUT2D eigenvalue weighted by molar-refractivity contribution is -0.159. The molecule has 2 aromatic heterocycles. The van der Waals surface area contributed by atoms with Gasteiger partial charge in [-0.15, -0.1) is 11.3 Å². The lowest BCUT2D eigenvalue weighted by Crippen LogP contribution is -2.54. The number of hydrogen-bond donors (Lipinski definition) is 3. The van der Waals surface area contributed by atoms with Crippen LogP contribution in [0.2, 0.25) is 0 Å². The third kappa shape index (κ3) is 11.7. The molecule has 5 heterocycles. The topological polar surface area (TPSA) is 234 Å². The number of benzene rings is 3. The number of piperidine rings is 2. The minimum absolute atomic E-state index is 0.00285. The Kier molecular flexibility index (Phi) is 15.7. The number of imide groups is 2. The van der Waals surface area contributed by atoms with Gasteiger partial charge in [0.05, 0.1) is 49.9 Å². The van der Waals surface area contributed by atoms with E-state index in [2.05, 4.69) is 35.5 Å². The second-order valence-electron chi connectivity index (χ2n) is 16.5. The SMILES string of the molecule is O=C(COc1cccc2c1C(=O)N(C1CCC(=O)NC1=O)C2=O)NCOCCOCCOCCN1CCC(CNC(=O)c2cccc(-c3noc(C(F)(F)F)n3)c2)(c2nc(-c3ccccc3)cs2)CC1. The lowest BCUT2D eigenvalue weighted by atomic mass is 9.78. The summed E-state index contributed by atoms with van der Waals surface area (Å²) in [6.07, 6.45) is -3.41. The summed E-state index contributed by atoms with van der Waals surface area (Å²) >= 11 is 1.54. The number of nitrogens with one attached hydrogen (secondary N) is 3. The molecule has 3 aliphatic rings. The van der Waals surface area contributed by atoms with Gasteiger partial charge in [0.1, 0.15) is 23.5 Å². The fraction of sp³-hybridized carbons (Fsp3) is 0.383. The van der Waals surface area contributed by atoms with E-state index in [4.69, 9.17) is 23.9 Å². The zero-order valence-corrected chi connectivity index (χ0v) is 38.3. The molecule has 1 unspecified atom stereocenters. The summed E-state index contributed by atoms with van der Waals surface area (Å²) in [5.74, 6) is -5.35. The average molecular weight is 989 g/mol. The van der Waals surface area contributed by atoms with E-state index in [1.807, 2.05) is 35.7 Å². The van der Waals surface area contributed by atoms with Gasteiger partial charge in [-0.1, -0.05) is 53.7 Å². The molecule has 2 saturated heterocycles. The Hall–Kier alpha value is -6.92. The van der Waals surface area contributed by atoms with E-state index in [0.29, 0.717) is 52.3 Å². The van der Waals surface area contributed by atoms with Gasteiger partial charge in [-0.3, -0.25) is 39.0 Å². The quantitative estimate of drug-likeness (QED) is 0.0530. The highest BCUT2D eigenvalue weighted by Gasteiger charge is 2.46. The maximum absolute atomic E-state index is 13.5. The van der Waals surface area contributed by atoms with Crippen molar-refractivity contribution in [3.8, 4) is 28.4 Å². The zero-order chi connectivity index (χ0) is 49.3. The maximum Gasteiger partial charge on any atom is 0.471 e. The number of ether oxygens (including phenoxy) is 4. The van der Waals surface area contributed by atoms with Crippen LogP contribution < -0.4 is 20.7 Å². The maximum atomic E-state index is 13.5. The van der Waals surface area contributed by atoms with Crippen LogP contribution in [0.1, 0.15) is 67.7 Å². The minimum Gasteiger partial charge on any atom is -0.483 e. The summed E-state index contributed by atoms with van der Waals surface area (Å²) in [5.41, 5.74) is 1.74. The third-order valence-corrected chi connectivity index (χ3v) is 13.0. The van der Waals surface area contributed by atoms with Crippen LogP contribution in [0.4, 0.5) is 13.2 Å². The first kappa shape index (κ1) is 49.5. The first-order valence-electron chi connectivity index (χ1n) is 22.3. The lowest BCUT2D eigenvalue weighted by Gasteiger charge is -2.40. The second-order valence-corrected chi connectivity index (χ2v) is 17.4. The third-order valence-electron chi connectivity index (χ3n) is 11.9. The Labute approximate surface area is 402 Å². The second kappa shape index (κ2) is 22.2. The van der Waals surface area contributed by atoms with Crippen LogP contribution >= 0.6 is 11.3 Å². The van der Waals surface area contributed by atoms with Crippen molar-refractivity contribution in [1.29, 1.82) is 0 Å². The Balaban J connectivity index is 0.726. The van der Waals surface area contributed by atoms with Crippen molar-refractivity contribution in [2.24, 2.45) is 0 Å². The summed E-state index contributed by atoms with van der Waals surface area (Å²) in [6.45, 7) is 3.31. The zero-order valence-electron chi connectivity index (χ0n) is 37.5. The van der Waals surface area contributed by atoms with E-state index in [-0.39, 0.29) is 73.2 Å². The number of alkyl halides is 3. The number of fused-ring (bicyclic) bond motifs is 1. The van der Waals surface area contributed by atoms with Crippen molar-refractivity contribution in [2.45, 2.75) is 43.3 Å². The van der Waals surface area contributed by atoms with Crippen LogP contribution in [-0.2, 0) is 40.2 Å². The molecule has 3 N–H and O–H groups in total. The molecular weight excluding hydrogens is 942 g/mol. The fourth-order valence-electron chi connectivity index (χ4n) is 8.17. The van der Waals surface area contributed by atoms with Crippen molar-refractivity contribution in [3.05, 3.63) is 106 Å². The largest absolute Gasteiger partial charge is 0.483 e. The van der Waals surface area contributed by atoms with Gasteiger partial charge in [-0.25, -0.2) is 4.98 Å². The number of rotatable bonds is 21. The molecule has 368 valence electrons. The van der Waals surface area contributed by atoms with E-state index in [1.54, 1.807) is 23.5 Å². The van der Waals surface area contributed by atoms with Gasteiger partial charge in [0, 0.05) is 47.0 Å². The van der Waals surface area contributed by atoms with E-state index < -0.39 is 65.6 Å². The molecule has 0 bridgehead atoms. The smallest absolute Gasteiger partial charge is 0.471 e. The van der Waals surface area contributed by atoms with Gasteiger partial charge >= 0.3 is 12.1 Å². The van der Waals surface area contributed by atoms with Crippen LogP contribution in [0.5, 0.6) is 5.75 Å². The Morgan fingerprint density at radius 2 is 1.59 bits per heavy atom. The molecule has 1 atom stereocenters. The van der Waals surface area contributed by atoms with Crippen molar-refractivity contribution < 1.29 is 65.4 Å². The van der Waals surface area contributed by atoms with Crippen molar-refractivity contribution in [1.82, 2.24) is 40.9 Å². The number of nitrogens with zero attached hydrogens (tertiary/aromatic N) is 5. The van der Waals surface area contributed by atoms with Gasteiger partial charge in [0.2, 0.25) is 17.6 Å². The summed E-state index contributed by atoms with van der Waals surface area (Å²) in [5, 5.41) is 14.1. The van der Waals surface area contributed by atoms with Gasteiger partial charge in [-0.05, 0) is 56.6 Å². The molecule has 0 radical (unpaired) electrons. The monoisotopic (exact) mass is 988 g/mol. The number of carbonyl (C=O) groups excluding carboxylic acids is 6. The molecule has 0 saturated carbocycles. The highest BCUT2D eigenvalue weighted by Crippen LogP contribution is 2.39. The van der Waals surface area contributed by atoms with E-state index in [9.17, 15) is 41.9 Å². The Morgan fingerprint density at radius 3 is 2.33 bits per heavy atom. The normalized spacial score (nSPS) is 17.1. The number of carbonyl (C=O) groups is 6. The number of hydrogen-bond acceptors (Lipinski definition) is 16. The van der Waals surface area contributed by atoms with Crippen molar-refractivity contribution in [2.75, 3.05) is 72.6 Å². The highest BCUT2D eigenvalue weighted by atomic mass is 32.1. The number of aromatic nitrogens is 3. The molecular formula is C47H47F3N8O11S. The molecule has 0 spiro atoms. The van der Waals surface area contributed by atoms with Crippen molar-refractivity contribution >= 4 is 46.8 Å². The molecule has 23 heteroatoms. The molecule has 3 aliphatic heterocycles. The molecule has 19 nitrogen and oxygen atoms in total. The molecule has 2 fully saturated rings. The Bertz CT molecular complexity index is 2710. The molecule has 5 aromatic rings. The predicted octanol–water partition coefficient (Wildman–Crippen LogP) is 4.25. The summed E-state index contributed by atoms with van der Waals surface area (Å²) in [7, 11) is 0. The van der Waals surface area contributed by atoms with Crippen molar-refractivity contribution in [3.63, 3.8) is 0 Å².